The van der Waals surface area contributed by atoms with Crippen LogP contribution in [0, 0.1) is 0 Å². The van der Waals surface area contributed by atoms with Gasteiger partial charge in [-0.3, -0.25) is 14.5 Å². The lowest BCUT2D eigenvalue weighted by atomic mass is 10.1. The summed E-state index contributed by atoms with van der Waals surface area (Å²) in [4.78, 5) is 29.0. The quantitative estimate of drug-likeness (QED) is 0.811. The van der Waals surface area contributed by atoms with Crippen LogP contribution in [0.1, 0.15) is 29.1 Å². The smallest absolute Gasteiger partial charge is 0.230 e. The van der Waals surface area contributed by atoms with Gasteiger partial charge in [-0.15, -0.1) is 11.3 Å². The van der Waals surface area contributed by atoms with Gasteiger partial charge in [-0.25, -0.2) is 4.98 Å². The fourth-order valence-corrected chi connectivity index (χ4v) is 3.02. The van der Waals surface area contributed by atoms with Crippen molar-refractivity contribution in [2.75, 3.05) is 0 Å². The molecule has 1 aromatic carbocycles. The third-order valence-corrected chi connectivity index (χ3v) is 4.16. The highest BCUT2D eigenvalue weighted by Crippen LogP contribution is 2.19. The summed E-state index contributed by atoms with van der Waals surface area (Å²) in [6.45, 7) is 0.317. The van der Waals surface area contributed by atoms with E-state index >= 15 is 0 Å². The molecule has 3 rings (SSSR count). The predicted molar refractivity (Wildman–Crippen MR) is 76.2 cm³/mol. The molecule has 2 aromatic rings. The second-order valence-electron chi connectivity index (χ2n) is 4.77. The minimum atomic E-state index is -0.0881. The molecule has 1 saturated heterocycles. The van der Waals surface area contributed by atoms with Crippen LogP contribution in [0.3, 0.4) is 0 Å². The minimum Gasteiger partial charge on any atom is -0.276 e. The SMILES string of the molecule is O=C1CCC(=O)N1Cc1nc(Cc2ccccc2)cs1. The van der Waals surface area contributed by atoms with Gasteiger partial charge >= 0.3 is 0 Å². The molecule has 0 unspecified atom stereocenters. The summed E-state index contributed by atoms with van der Waals surface area (Å²) in [6.07, 6.45) is 1.45. The van der Waals surface area contributed by atoms with E-state index in [1.54, 1.807) is 0 Å². The Morgan fingerprint density at radius 3 is 2.50 bits per heavy atom. The van der Waals surface area contributed by atoms with Crippen molar-refractivity contribution in [3.8, 4) is 0 Å². The first kappa shape index (κ1) is 13.0. The van der Waals surface area contributed by atoms with Crippen LogP contribution in [0.15, 0.2) is 35.7 Å². The molecule has 1 aliphatic heterocycles. The lowest BCUT2D eigenvalue weighted by Gasteiger charge is -2.10. The fraction of sp³-hybridized carbons (Fsp3) is 0.267. The second kappa shape index (κ2) is 5.54. The summed E-state index contributed by atoms with van der Waals surface area (Å²) in [5.74, 6) is -0.176. The molecule has 0 N–H and O–H groups in total. The minimum absolute atomic E-state index is 0.0881. The monoisotopic (exact) mass is 286 g/mol. The molecule has 0 spiro atoms. The fourth-order valence-electron chi connectivity index (χ4n) is 2.24. The highest BCUT2D eigenvalue weighted by Gasteiger charge is 2.29. The van der Waals surface area contributed by atoms with Crippen molar-refractivity contribution in [2.45, 2.75) is 25.8 Å². The molecule has 2 amide bonds. The molecule has 2 heterocycles. The number of imide groups is 1. The van der Waals surface area contributed by atoms with Gasteiger partial charge in [-0.1, -0.05) is 30.3 Å². The maximum atomic E-state index is 11.6. The Hall–Kier alpha value is -2.01. The number of amides is 2. The van der Waals surface area contributed by atoms with Gasteiger partial charge in [0.15, 0.2) is 0 Å². The first-order valence-electron chi connectivity index (χ1n) is 6.53. The van der Waals surface area contributed by atoms with Gasteiger partial charge in [0.1, 0.15) is 5.01 Å². The van der Waals surface area contributed by atoms with E-state index in [4.69, 9.17) is 0 Å². The van der Waals surface area contributed by atoms with E-state index in [1.165, 1.54) is 21.8 Å². The standard InChI is InChI=1S/C15H14N2O2S/c18-14-6-7-15(19)17(14)9-13-16-12(10-20-13)8-11-4-2-1-3-5-11/h1-5,10H,6-9H2. The molecule has 1 fully saturated rings. The molecule has 0 atom stereocenters. The number of nitrogens with zero attached hydrogens (tertiary/aromatic N) is 2. The molecule has 0 radical (unpaired) electrons. The van der Waals surface area contributed by atoms with Crippen LogP contribution < -0.4 is 0 Å². The van der Waals surface area contributed by atoms with E-state index < -0.39 is 0 Å². The van der Waals surface area contributed by atoms with Crippen LogP contribution in [-0.2, 0) is 22.6 Å². The summed E-state index contributed by atoms with van der Waals surface area (Å²) >= 11 is 1.50. The highest BCUT2D eigenvalue weighted by atomic mass is 32.1. The van der Waals surface area contributed by atoms with Gasteiger partial charge in [-0.2, -0.15) is 0 Å². The van der Waals surface area contributed by atoms with Crippen LogP contribution in [0.25, 0.3) is 0 Å². The van der Waals surface area contributed by atoms with Crippen LogP contribution >= 0.6 is 11.3 Å². The zero-order chi connectivity index (χ0) is 13.9. The largest absolute Gasteiger partial charge is 0.276 e. The number of hydrogen-bond donors (Lipinski definition) is 0. The van der Waals surface area contributed by atoms with Crippen LogP contribution in [0.2, 0.25) is 0 Å². The third-order valence-electron chi connectivity index (χ3n) is 3.28. The predicted octanol–water partition coefficient (Wildman–Crippen LogP) is 2.38. The van der Waals surface area contributed by atoms with E-state index in [-0.39, 0.29) is 11.8 Å². The first-order valence-corrected chi connectivity index (χ1v) is 7.41. The molecule has 0 aliphatic carbocycles. The van der Waals surface area contributed by atoms with Crippen molar-refractivity contribution >= 4 is 23.2 Å². The molecule has 0 bridgehead atoms. The van der Waals surface area contributed by atoms with E-state index in [0.29, 0.717) is 19.4 Å². The van der Waals surface area contributed by atoms with Crippen molar-refractivity contribution in [3.05, 3.63) is 52.0 Å². The van der Waals surface area contributed by atoms with Crippen molar-refractivity contribution < 1.29 is 9.59 Å². The van der Waals surface area contributed by atoms with Gasteiger partial charge < -0.3 is 0 Å². The number of benzene rings is 1. The maximum Gasteiger partial charge on any atom is 0.230 e. The van der Waals surface area contributed by atoms with E-state index in [0.717, 1.165) is 17.1 Å². The number of likely N-dealkylation sites (tertiary alicyclic amines) is 1. The van der Waals surface area contributed by atoms with Gasteiger partial charge in [-0.05, 0) is 5.56 Å². The van der Waals surface area contributed by atoms with Crippen molar-refractivity contribution in [1.29, 1.82) is 0 Å². The number of thiazole rings is 1. The van der Waals surface area contributed by atoms with Crippen molar-refractivity contribution in [2.24, 2.45) is 0 Å². The number of rotatable bonds is 4. The second-order valence-corrected chi connectivity index (χ2v) is 5.71. The third kappa shape index (κ3) is 2.77. The van der Waals surface area contributed by atoms with Gasteiger partial charge in [0.05, 0.1) is 12.2 Å². The number of carbonyl (C=O) groups excluding carboxylic acids is 2. The number of aromatic nitrogens is 1. The molecular weight excluding hydrogens is 272 g/mol. The summed E-state index contributed by atoms with van der Waals surface area (Å²) in [6, 6.07) is 10.1. The molecule has 5 heteroatoms. The van der Waals surface area contributed by atoms with Crippen molar-refractivity contribution in [3.63, 3.8) is 0 Å². The van der Waals surface area contributed by atoms with Gasteiger partial charge in [0.2, 0.25) is 11.8 Å². The maximum absolute atomic E-state index is 11.6. The Kier molecular flexibility index (Phi) is 3.60. The topological polar surface area (TPSA) is 50.3 Å². The van der Waals surface area contributed by atoms with Gasteiger partial charge in [0, 0.05) is 24.6 Å². The highest BCUT2D eigenvalue weighted by molar-refractivity contribution is 7.09. The molecule has 4 nitrogen and oxygen atoms in total. The molecule has 0 saturated carbocycles. The number of carbonyl (C=O) groups is 2. The Bertz CT molecular complexity index is 620. The first-order chi connectivity index (χ1) is 9.72. The van der Waals surface area contributed by atoms with Gasteiger partial charge in [0.25, 0.3) is 0 Å². The summed E-state index contributed by atoms with van der Waals surface area (Å²) < 4.78 is 0. The Balaban J connectivity index is 1.68. The molecule has 20 heavy (non-hydrogen) atoms. The zero-order valence-corrected chi connectivity index (χ0v) is 11.7. The molecular formula is C15H14N2O2S. The lowest BCUT2D eigenvalue weighted by Crippen LogP contribution is -2.28. The Morgan fingerprint density at radius 1 is 1.10 bits per heavy atom. The van der Waals surface area contributed by atoms with Crippen LogP contribution in [0.4, 0.5) is 0 Å². The summed E-state index contributed by atoms with van der Waals surface area (Å²) in [5, 5.41) is 2.81. The normalized spacial score (nSPS) is 15.1. The van der Waals surface area contributed by atoms with Crippen LogP contribution in [-0.4, -0.2) is 21.7 Å². The average Bonchev–Trinajstić information content (AvgIpc) is 3.02. The number of hydrogen-bond acceptors (Lipinski definition) is 4. The van der Waals surface area contributed by atoms with E-state index in [2.05, 4.69) is 17.1 Å². The van der Waals surface area contributed by atoms with E-state index in [9.17, 15) is 9.59 Å². The Labute approximate surface area is 121 Å². The zero-order valence-electron chi connectivity index (χ0n) is 10.9. The molecule has 1 aliphatic rings. The molecule has 102 valence electrons. The van der Waals surface area contributed by atoms with Crippen molar-refractivity contribution in [1.82, 2.24) is 9.88 Å². The van der Waals surface area contributed by atoms with Crippen LogP contribution in [0.5, 0.6) is 0 Å². The lowest BCUT2D eigenvalue weighted by molar-refractivity contribution is -0.139. The average molecular weight is 286 g/mol. The summed E-state index contributed by atoms with van der Waals surface area (Å²) in [5.41, 5.74) is 2.19. The van der Waals surface area contributed by atoms with E-state index in [1.807, 2.05) is 23.6 Å². The Morgan fingerprint density at radius 2 is 1.80 bits per heavy atom. The summed E-state index contributed by atoms with van der Waals surface area (Å²) in [7, 11) is 0. The molecule has 1 aromatic heterocycles.